The van der Waals surface area contributed by atoms with Gasteiger partial charge in [-0.2, -0.15) is 0 Å². The second-order valence-corrected chi connectivity index (χ2v) is 8.18. The number of carbonyl (C=O) groups excluding carboxylic acids is 1. The second kappa shape index (κ2) is 9.79. The van der Waals surface area contributed by atoms with Crippen LogP contribution in [0.15, 0.2) is 39.1 Å². The van der Waals surface area contributed by atoms with Crippen LogP contribution in [-0.2, 0) is 16.1 Å². The number of carbonyl (C=O) groups is 1. The van der Waals surface area contributed by atoms with E-state index in [1.54, 1.807) is 10.6 Å². The molecule has 166 valence electrons. The van der Waals surface area contributed by atoms with E-state index < -0.39 is 11.2 Å². The number of nitrogen functional groups attached to an aromatic ring is 1. The summed E-state index contributed by atoms with van der Waals surface area (Å²) in [5.41, 5.74) is 5.46. The smallest absolute Gasteiger partial charge is 0.330 e. The summed E-state index contributed by atoms with van der Waals surface area (Å²) < 4.78 is 8.14. The third-order valence-corrected chi connectivity index (χ3v) is 5.39. The molecule has 11 nitrogen and oxygen atoms in total. The van der Waals surface area contributed by atoms with Gasteiger partial charge in [-0.05, 0) is 18.1 Å². The molecule has 0 aliphatic carbocycles. The number of aromatic nitrogens is 5. The van der Waals surface area contributed by atoms with Crippen LogP contribution in [-0.4, -0.2) is 56.1 Å². The van der Waals surface area contributed by atoms with Crippen molar-refractivity contribution in [2.45, 2.75) is 25.5 Å². The van der Waals surface area contributed by atoms with Gasteiger partial charge in [0, 0.05) is 26.4 Å². The number of ether oxygens (including phenoxy) is 1. The number of nitrogens with zero attached hydrogens (tertiary/aromatic N) is 5. The van der Waals surface area contributed by atoms with Gasteiger partial charge in [-0.15, -0.1) is 10.2 Å². The predicted octanol–water partition coefficient (Wildman–Crippen LogP) is 0.589. The molecule has 0 saturated heterocycles. The minimum atomic E-state index is -0.718. The lowest BCUT2D eigenvalue weighted by molar-refractivity contribution is -0.116. The third kappa shape index (κ3) is 4.97. The molecule has 0 bridgehead atoms. The third-order valence-electron chi connectivity index (χ3n) is 4.46. The van der Waals surface area contributed by atoms with E-state index in [0.29, 0.717) is 17.3 Å². The lowest BCUT2D eigenvalue weighted by atomic mass is 10.2. The van der Waals surface area contributed by atoms with E-state index in [0.717, 1.165) is 0 Å². The van der Waals surface area contributed by atoms with Gasteiger partial charge < -0.3 is 15.4 Å². The minimum absolute atomic E-state index is 0.0123. The molecule has 3 N–H and O–H groups in total. The number of fused-ring (bicyclic) bond motifs is 1. The Hall–Kier alpha value is -3.12. The molecule has 0 aliphatic heterocycles. The molecule has 0 unspecified atom stereocenters. The Balaban J connectivity index is 1.91. The van der Waals surface area contributed by atoms with Crippen LogP contribution < -0.4 is 21.9 Å². The van der Waals surface area contributed by atoms with E-state index >= 15 is 0 Å². The SMILES string of the molecule is COCCN(C(=O)CSc1nnc2ccccn12)c1c(N)n(CC(C)C)c(=O)[nH]c1=O. The molecule has 3 rings (SSSR count). The zero-order valence-corrected chi connectivity index (χ0v) is 18.4. The Morgan fingerprint density at radius 3 is 2.81 bits per heavy atom. The van der Waals surface area contributed by atoms with Gasteiger partial charge in [-0.1, -0.05) is 31.7 Å². The van der Waals surface area contributed by atoms with Crippen molar-refractivity contribution in [1.29, 1.82) is 0 Å². The molecule has 0 radical (unpaired) electrons. The van der Waals surface area contributed by atoms with Gasteiger partial charge >= 0.3 is 5.69 Å². The molecular weight excluding hydrogens is 422 g/mol. The number of amides is 1. The van der Waals surface area contributed by atoms with Crippen LogP contribution in [0.5, 0.6) is 0 Å². The highest BCUT2D eigenvalue weighted by Gasteiger charge is 2.25. The number of anilines is 2. The number of nitrogens with two attached hydrogens (primary N) is 1. The molecule has 0 spiro atoms. The van der Waals surface area contributed by atoms with E-state index in [2.05, 4.69) is 15.2 Å². The Morgan fingerprint density at radius 2 is 2.10 bits per heavy atom. The first-order valence-corrected chi connectivity index (χ1v) is 10.7. The van der Waals surface area contributed by atoms with E-state index in [1.807, 2.05) is 32.0 Å². The van der Waals surface area contributed by atoms with Gasteiger partial charge in [0.15, 0.2) is 16.5 Å². The fraction of sp³-hybridized carbons (Fsp3) is 0.421. The zero-order chi connectivity index (χ0) is 22.5. The van der Waals surface area contributed by atoms with Gasteiger partial charge in [0.1, 0.15) is 5.82 Å². The number of thioether (sulfide) groups is 1. The van der Waals surface area contributed by atoms with Crippen LogP contribution in [0, 0.1) is 5.92 Å². The summed E-state index contributed by atoms with van der Waals surface area (Å²) in [6.45, 7) is 4.44. The van der Waals surface area contributed by atoms with Crippen molar-refractivity contribution in [3.63, 3.8) is 0 Å². The molecule has 0 fully saturated rings. The molecule has 0 aromatic carbocycles. The van der Waals surface area contributed by atoms with E-state index in [1.165, 1.54) is 28.3 Å². The summed E-state index contributed by atoms with van der Waals surface area (Å²) in [5, 5.41) is 8.70. The lowest BCUT2D eigenvalue weighted by Gasteiger charge is -2.24. The molecule has 3 heterocycles. The predicted molar refractivity (Wildman–Crippen MR) is 119 cm³/mol. The summed E-state index contributed by atoms with van der Waals surface area (Å²) in [6.07, 6.45) is 1.80. The number of hydrogen-bond acceptors (Lipinski definition) is 8. The Kier molecular flexibility index (Phi) is 7.13. The number of H-pyrrole nitrogens is 1. The number of methoxy groups -OCH3 is 1. The van der Waals surface area contributed by atoms with Gasteiger partial charge in [-0.3, -0.25) is 23.5 Å². The number of pyridine rings is 1. The highest BCUT2D eigenvalue weighted by Crippen LogP contribution is 2.21. The van der Waals surface area contributed by atoms with Crippen molar-refractivity contribution in [2.75, 3.05) is 36.6 Å². The summed E-state index contributed by atoms with van der Waals surface area (Å²) in [6, 6.07) is 5.49. The van der Waals surface area contributed by atoms with Crippen molar-refractivity contribution in [3.05, 3.63) is 45.2 Å². The van der Waals surface area contributed by atoms with Crippen LogP contribution in [0.4, 0.5) is 11.5 Å². The summed E-state index contributed by atoms with van der Waals surface area (Å²) in [4.78, 5) is 41.5. The van der Waals surface area contributed by atoms with Crippen LogP contribution in [0.2, 0.25) is 0 Å². The molecule has 0 aliphatic rings. The normalized spacial score (nSPS) is 11.4. The maximum absolute atomic E-state index is 13.1. The van der Waals surface area contributed by atoms with Crippen LogP contribution in [0.1, 0.15) is 13.8 Å². The molecule has 3 aromatic heterocycles. The highest BCUT2D eigenvalue weighted by molar-refractivity contribution is 7.99. The van der Waals surface area contributed by atoms with Crippen molar-refractivity contribution in [3.8, 4) is 0 Å². The standard InChI is InChI=1S/C19H25N7O4S/c1-12(2)10-26-16(20)15(17(28)21-18(26)29)25(8-9-30-3)14(27)11-31-19-23-22-13-6-4-5-7-24(13)19/h4-7,12H,8-11,20H2,1-3H3,(H,21,28,29). The maximum Gasteiger partial charge on any atom is 0.330 e. The summed E-state index contributed by atoms with van der Waals surface area (Å²) in [5.74, 6) is -0.327. The highest BCUT2D eigenvalue weighted by atomic mass is 32.2. The van der Waals surface area contributed by atoms with Gasteiger partial charge in [0.2, 0.25) is 5.91 Å². The molecule has 31 heavy (non-hydrogen) atoms. The first-order valence-electron chi connectivity index (χ1n) is 9.68. The molecule has 0 saturated carbocycles. The Bertz CT molecular complexity index is 1180. The fourth-order valence-electron chi connectivity index (χ4n) is 3.05. The maximum atomic E-state index is 13.1. The minimum Gasteiger partial charge on any atom is -0.383 e. The van der Waals surface area contributed by atoms with Gasteiger partial charge in [-0.25, -0.2) is 4.79 Å². The molecule has 1 amide bonds. The van der Waals surface area contributed by atoms with Crippen molar-refractivity contribution >= 4 is 34.8 Å². The van der Waals surface area contributed by atoms with Crippen LogP contribution >= 0.6 is 11.8 Å². The van der Waals surface area contributed by atoms with Crippen LogP contribution in [0.25, 0.3) is 5.65 Å². The van der Waals surface area contributed by atoms with E-state index in [4.69, 9.17) is 10.5 Å². The lowest BCUT2D eigenvalue weighted by Crippen LogP contribution is -2.43. The van der Waals surface area contributed by atoms with Gasteiger partial charge in [0.25, 0.3) is 5.56 Å². The second-order valence-electron chi connectivity index (χ2n) is 7.24. The van der Waals surface area contributed by atoms with E-state index in [9.17, 15) is 14.4 Å². The molecule has 12 heteroatoms. The van der Waals surface area contributed by atoms with E-state index in [-0.39, 0.29) is 42.2 Å². The number of nitrogens with one attached hydrogen (secondary N) is 1. The number of hydrogen-bond donors (Lipinski definition) is 2. The number of rotatable bonds is 9. The molecule has 0 atom stereocenters. The Morgan fingerprint density at radius 1 is 1.32 bits per heavy atom. The largest absolute Gasteiger partial charge is 0.383 e. The molecule has 3 aromatic rings. The van der Waals surface area contributed by atoms with Crippen LogP contribution in [0.3, 0.4) is 0 Å². The van der Waals surface area contributed by atoms with Crippen molar-refractivity contribution in [1.82, 2.24) is 24.1 Å². The topological polar surface area (TPSA) is 141 Å². The first-order chi connectivity index (χ1) is 14.8. The van der Waals surface area contributed by atoms with Crippen molar-refractivity contribution < 1.29 is 9.53 Å². The first kappa shape index (κ1) is 22.6. The zero-order valence-electron chi connectivity index (χ0n) is 17.6. The average molecular weight is 448 g/mol. The summed E-state index contributed by atoms with van der Waals surface area (Å²) >= 11 is 1.19. The Labute approximate surface area is 182 Å². The van der Waals surface area contributed by atoms with Gasteiger partial charge in [0.05, 0.1) is 12.4 Å². The van der Waals surface area contributed by atoms with Crippen molar-refractivity contribution in [2.24, 2.45) is 5.92 Å². The monoisotopic (exact) mass is 447 g/mol. The fourth-order valence-corrected chi connectivity index (χ4v) is 3.85. The quantitative estimate of drug-likeness (QED) is 0.454. The average Bonchev–Trinajstić information content (AvgIpc) is 3.14. The summed E-state index contributed by atoms with van der Waals surface area (Å²) in [7, 11) is 1.49. The molecular formula is C19H25N7O4S. The number of aromatic amines is 1.